The maximum Gasteiger partial charge on any atom is 0.261 e. The molecule has 7 heteroatoms. The fourth-order valence-electron chi connectivity index (χ4n) is 2.53. The minimum absolute atomic E-state index is 0.286. The maximum absolute atomic E-state index is 12.8. The lowest BCUT2D eigenvalue weighted by Crippen LogP contribution is -2.13. The Hall–Kier alpha value is -2.50. The first-order valence-electron chi connectivity index (χ1n) is 7.96. The van der Waals surface area contributed by atoms with Gasteiger partial charge in [0.05, 0.1) is 16.7 Å². The first-order chi connectivity index (χ1) is 12.5. The number of hydrogen-bond donors (Lipinski definition) is 1. The van der Waals surface area contributed by atoms with Crippen molar-refractivity contribution in [3.05, 3.63) is 63.8 Å². The molecule has 3 rings (SSSR count). The Balaban J connectivity index is 1.92. The summed E-state index contributed by atoms with van der Waals surface area (Å²) in [7, 11) is 0. The summed E-state index contributed by atoms with van der Waals surface area (Å²) in [6.07, 6.45) is 0. The topological polar surface area (TPSA) is 64.4 Å². The zero-order valence-corrected chi connectivity index (χ0v) is 15.7. The molecule has 0 aliphatic carbocycles. The average molecular weight is 391 g/mol. The highest BCUT2D eigenvalue weighted by molar-refractivity contribution is 6.39. The summed E-state index contributed by atoms with van der Waals surface area (Å²) in [5, 5.41) is 7.59. The van der Waals surface area contributed by atoms with E-state index in [4.69, 9.17) is 32.5 Å². The number of rotatable bonds is 5. The standard InChI is InChI=1S/C19H16Cl2N2O3/c1-3-25-13-9-7-12(8-10-13)22-19(24)16-11(2)26-23-18(16)17-14(20)5-4-6-15(17)21/h4-10H,3H2,1-2H3,(H,22,24). The molecular formula is C19H16Cl2N2O3. The summed E-state index contributed by atoms with van der Waals surface area (Å²) >= 11 is 12.5. The van der Waals surface area contributed by atoms with Crippen molar-refractivity contribution in [3.8, 4) is 17.0 Å². The maximum atomic E-state index is 12.8. The minimum atomic E-state index is -0.362. The van der Waals surface area contributed by atoms with E-state index < -0.39 is 0 Å². The molecule has 1 heterocycles. The van der Waals surface area contributed by atoms with Crippen LogP contribution >= 0.6 is 23.2 Å². The second-order valence-corrected chi connectivity index (χ2v) is 6.28. The highest BCUT2D eigenvalue weighted by Gasteiger charge is 2.24. The van der Waals surface area contributed by atoms with Gasteiger partial charge < -0.3 is 14.6 Å². The predicted octanol–water partition coefficient (Wildman–Crippen LogP) is 5.61. The molecule has 0 aliphatic rings. The number of amides is 1. The molecular weight excluding hydrogens is 375 g/mol. The Morgan fingerprint density at radius 3 is 2.42 bits per heavy atom. The van der Waals surface area contributed by atoms with E-state index in [9.17, 15) is 4.79 Å². The second kappa shape index (κ2) is 7.81. The van der Waals surface area contributed by atoms with Gasteiger partial charge in [-0.15, -0.1) is 0 Å². The molecule has 26 heavy (non-hydrogen) atoms. The average Bonchev–Trinajstić information content (AvgIpc) is 2.98. The van der Waals surface area contributed by atoms with Crippen LogP contribution in [-0.2, 0) is 0 Å². The van der Waals surface area contributed by atoms with Gasteiger partial charge >= 0.3 is 0 Å². The lowest BCUT2D eigenvalue weighted by molar-refractivity contribution is 0.102. The second-order valence-electron chi connectivity index (χ2n) is 5.47. The summed E-state index contributed by atoms with van der Waals surface area (Å²) in [6, 6.07) is 12.2. The van der Waals surface area contributed by atoms with Crippen LogP contribution in [0.5, 0.6) is 5.75 Å². The summed E-state index contributed by atoms with van der Waals surface area (Å²) in [5.41, 5.74) is 1.68. The normalized spacial score (nSPS) is 10.6. The van der Waals surface area contributed by atoms with Gasteiger partial charge in [0, 0.05) is 11.3 Å². The van der Waals surface area contributed by atoms with E-state index >= 15 is 0 Å². The molecule has 0 aliphatic heterocycles. The minimum Gasteiger partial charge on any atom is -0.494 e. The number of halogens is 2. The Morgan fingerprint density at radius 1 is 1.15 bits per heavy atom. The Morgan fingerprint density at radius 2 is 1.81 bits per heavy atom. The van der Waals surface area contributed by atoms with Crippen molar-refractivity contribution >= 4 is 34.8 Å². The molecule has 1 aromatic heterocycles. The van der Waals surface area contributed by atoms with E-state index in [0.29, 0.717) is 39.4 Å². The summed E-state index contributed by atoms with van der Waals surface area (Å²) in [6.45, 7) is 4.15. The SMILES string of the molecule is CCOc1ccc(NC(=O)c2c(-c3c(Cl)cccc3Cl)noc2C)cc1. The molecule has 3 aromatic rings. The summed E-state index contributed by atoms with van der Waals surface area (Å²) < 4.78 is 10.6. The number of aromatic nitrogens is 1. The van der Waals surface area contributed by atoms with E-state index in [0.717, 1.165) is 5.75 Å². The third-order valence-electron chi connectivity index (χ3n) is 3.71. The molecule has 134 valence electrons. The van der Waals surface area contributed by atoms with Gasteiger partial charge in [0.1, 0.15) is 22.8 Å². The molecule has 0 saturated carbocycles. The highest BCUT2D eigenvalue weighted by atomic mass is 35.5. The zero-order chi connectivity index (χ0) is 18.7. The number of aryl methyl sites for hydroxylation is 1. The van der Waals surface area contributed by atoms with E-state index in [1.54, 1.807) is 49.4 Å². The molecule has 0 fully saturated rings. The van der Waals surface area contributed by atoms with E-state index in [1.807, 2.05) is 6.92 Å². The van der Waals surface area contributed by atoms with Crippen molar-refractivity contribution in [1.29, 1.82) is 0 Å². The Kier molecular flexibility index (Phi) is 5.49. The van der Waals surface area contributed by atoms with Crippen LogP contribution in [0, 0.1) is 6.92 Å². The van der Waals surface area contributed by atoms with Crippen molar-refractivity contribution in [2.45, 2.75) is 13.8 Å². The van der Waals surface area contributed by atoms with Gasteiger partial charge in [-0.25, -0.2) is 0 Å². The molecule has 0 spiro atoms. The number of nitrogens with one attached hydrogen (secondary N) is 1. The number of anilines is 1. The van der Waals surface area contributed by atoms with Crippen LogP contribution in [0.1, 0.15) is 23.0 Å². The highest BCUT2D eigenvalue weighted by Crippen LogP contribution is 2.37. The van der Waals surface area contributed by atoms with Crippen LogP contribution in [0.25, 0.3) is 11.3 Å². The molecule has 0 radical (unpaired) electrons. The van der Waals surface area contributed by atoms with Gasteiger partial charge in [-0.3, -0.25) is 4.79 Å². The first kappa shape index (κ1) is 18.3. The number of hydrogen-bond acceptors (Lipinski definition) is 4. The van der Waals surface area contributed by atoms with Crippen LogP contribution in [0.2, 0.25) is 10.0 Å². The lowest BCUT2D eigenvalue weighted by Gasteiger charge is -2.09. The largest absolute Gasteiger partial charge is 0.494 e. The van der Waals surface area contributed by atoms with Gasteiger partial charge in [0.25, 0.3) is 5.91 Å². The van der Waals surface area contributed by atoms with Crippen LogP contribution in [0.4, 0.5) is 5.69 Å². The number of nitrogens with zero attached hydrogens (tertiary/aromatic N) is 1. The van der Waals surface area contributed by atoms with Crippen LogP contribution in [-0.4, -0.2) is 17.7 Å². The van der Waals surface area contributed by atoms with Crippen LogP contribution < -0.4 is 10.1 Å². The molecule has 0 bridgehead atoms. The number of carbonyl (C=O) groups is 1. The smallest absolute Gasteiger partial charge is 0.261 e. The fraction of sp³-hybridized carbons (Fsp3) is 0.158. The Labute approximate surface area is 160 Å². The van der Waals surface area contributed by atoms with E-state index in [1.165, 1.54) is 0 Å². The third kappa shape index (κ3) is 3.69. The van der Waals surface area contributed by atoms with Gasteiger partial charge in [-0.2, -0.15) is 0 Å². The first-order valence-corrected chi connectivity index (χ1v) is 8.71. The molecule has 1 N–H and O–H groups in total. The number of carbonyl (C=O) groups excluding carboxylic acids is 1. The molecule has 0 unspecified atom stereocenters. The Bertz CT molecular complexity index is 916. The number of benzene rings is 2. The molecule has 2 aromatic carbocycles. The van der Waals surface area contributed by atoms with Crippen molar-refractivity contribution in [2.75, 3.05) is 11.9 Å². The van der Waals surface area contributed by atoms with E-state index in [-0.39, 0.29) is 11.5 Å². The third-order valence-corrected chi connectivity index (χ3v) is 4.34. The number of ether oxygens (including phenoxy) is 1. The molecule has 0 atom stereocenters. The lowest BCUT2D eigenvalue weighted by atomic mass is 10.1. The van der Waals surface area contributed by atoms with E-state index in [2.05, 4.69) is 10.5 Å². The fourth-order valence-corrected chi connectivity index (χ4v) is 3.11. The molecule has 0 saturated heterocycles. The molecule has 5 nitrogen and oxygen atoms in total. The van der Waals surface area contributed by atoms with Gasteiger partial charge in [0.2, 0.25) is 0 Å². The monoisotopic (exact) mass is 390 g/mol. The van der Waals surface area contributed by atoms with Crippen LogP contribution in [0.3, 0.4) is 0 Å². The predicted molar refractivity (Wildman–Crippen MR) is 102 cm³/mol. The quantitative estimate of drug-likeness (QED) is 0.614. The van der Waals surface area contributed by atoms with Gasteiger partial charge in [0.15, 0.2) is 0 Å². The van der Waals surface area contributed by atoms with Crippen molar-refractivity contribution in [1.82, 2.24) is 5.16 Å². The molecule has 1 amide bonds. The van der Waals surface area contributed by atoms with Gasteiger partial charge in [-0.05, 0) is 50.2 Å². The zero-order valence-electron chi connectivity index (χ0n) is 14.2. The van der Waals surface area contributed by atoms with Crippen LogP contribution in [0.15, 0.2) is 47.0 Å². The summed E-state index contributed by atoms with van der Waals surface area (Å²) in [4.78, 5) is 12.8. The summed E-state index contributed by atoms with van der Waals surface area (Å²) in [5.74, 6) is 0.744. The van der Waals surface area contributed by atoms with Gasteiger partial charge in [-0.1, -0.05) is 34.4 Å². The van der Waals surface area contributed by atoms with Crippen molar-refractivity contribution in [2.24, 2.45) is 0 Å². The van der Waals surface area contributed by atoms with Crippen molar-refractivity contribution < 1.29 is 14.1 Å². The van der Waals surface area contributed by atoms with Crippen molar-refractivity contribution in [3.63, 3.8) is 0 Å².